The lowest BCUT2D eigenvalue weighted by Gasteiger charge is -2.09. The Labute approximate surface area is 103 Å². The van der Waals surface area contributed by atoms with Gasteiger partial charge >= 0.3 is 0 Å². The van der Waals surface area contributed by atoms with Gasteiger partial charge in [0.15, 0.2) is 0 Å². The Morgan fingerprint density at radius 3 is 2.94 bits per heavy atom. The SMILES string of the molecule is [CH2]Oc1cc2cccnc2cc1CCCCC. The predicted molar refractivity (Wildman–Crippen MR) is 71.0 cm³/mol. The van der Waals surface area contributed by atoms with E-state index in [4.69, 9.17) is 4.74 Å². The zero-order valence-electron chi connectivity index (χ0n) is 10.3. The van der Waals surface area contributed by atoms with Crippen LogP contribution in [0.2, 0.25) is 0 Å². The molecule has 0 fully saturated rings. The van der Waals surface area contributed by atoms with Gasteiger partial charge in [0.2, 0.25) is 0 Å². The second-order valence-electron chi connectivity index (χ2n) is 4.26. The van der Waals surface area contributed by atoms with Gasteiger partial charge in [-0.05, 0) is 36.6 Å². The molecule has 0 atom stereocenters. The molecule has 0 aliphatic carbocycles. The molecule has 2 heteroatoms. The molecular formula is C15H18NO. The number of fused-ring (bicyclic) bond motifs is 1. The number of benzene rings is 1. The summed E-state index contributed by atoms with van der Waals surface area (Å²) in [6.07, 6.45) is 6.52. The molecule has 1 radical (unpaired) electrons. The maximum Gasteiger partial charge on any atom is 0.123 e. The summed E-state index contributed by atoms with van der Waals surface area (Å²) in [5, 5.41) is 1.10. The van der Waals surface area contributed by atoms with Crippen molar-refractivity contribution in [3.05, 3.63) is 43.1 Å². The lowest BCUT2D eigenvalue weighted by molar-refractivity contribution is 0.466. The van der Waals surface area contributed by atoms with Crippen LogP contribution in [0.5, 0.6) is 5.75 Å². The van der Waals surface area contributed by atoms with Gasteiger partial charge < -0.3 is 4.74 Å². The minimum Gasteiger partial charge on any atom is -0.490 e. The van der Waals surface area contributed by atoms with Crippen molar-refractivity contribution in [1.29, 1.82) is 0 Å². The fourth-order valence-electron chi connectivity index (χ4n) is 2.04. The third kappa shape index (κ3) is 2.76. The number of ether oxygens (including phenoxy) is 1. The second kappa shape index (κ2) is 5.67. The highest BCUT2D eigenvalue weighted by Gasteiger charge is 2.05. The first-order chi connectivity index (χ1) is 8.35. The van der Waals surface area contributed by atoms with Gasteiger partial charge in [-0.15, -0.1) is 0 Å². The summed E-state index contributed by atoms with van der Waals surface area (Å²) in [5.41, 5.74) is 2.24. The monoisotopic (exact) mass is 228 g/mol. The fraction of sp³-hybridized carbons (Fsp3) is 0.333. The Kier molecular flexibility index (Phi) is 3.97. The molecule has 0 unspecified atom stereocenters. The second-order valence-corrected chi connectivity index (χ2v) is 4.26. The Balaban J connectivity index is 2.32. The summed E-state index contributed by atoms with van der Waals surface area (Å²) in [7, 11) is 3.53. The Hall–Kier alpha value is -1.57. The summed E-state index contributed by atoms with van der Waals surface area (Å²) in [4.78, 5) is 4.37. The zero-order chi connectivity index (χ0) is 12.1. The van der Waals surface area contributed by atoms with Crippen LogP contribution in [0.15, 0.2) is 30.5 Å². The molecule has 0 amide bonds. The highest BCUT2D eigenvalue weighted by atomic mass is 16.5. The molecule has 2 nitrogen and oxygen atoms in total. The van der Waals surface area contributed by atoms with Crippen molar-refractivity contribution < 1.29 is 4.74 Å². The molecule has 1 aromatic heterocycles. The molecule has 0 bridgehead atoms. The standard InChI is InChI=1S/C15H18NO/c1-3-4-5-7-13-10-14-12(8-6-9-16-14)11-15(13)17-2/h6,8-11H,2-5,7H2,1H3. The third-order valence-electron chi connectivity index (χ3n) is 2.99. The van der Waals surface area contributed by atoms with Crippen LogP contribution < -0.4 is 4.74 Å². The van der Waals surface area contributed by atoms with Crippen LogP contribution in [-0.2, 0) is 6.42 Å². The number of hydrogen-bond donors (Lipinski definition) is 0. The average molecular weight is 228 g/mol. The van der Waals surface area contributed by atoms with Gasteiger partial charge in [-0.3, -0.25) is 4.98 Å². The van der Waals surface area contributed by atoms with Crippen LogP contribution in [-0.4, -0.2) is 4.98 Å². The molecule has 1 aromatic carbocycles. The van der Waals surface area contributed by atoms with Gasteiger partial charge in [-0.2, -0.15) is 0 Å². The molecule has 0 spiro atoms. The minimum absolute atomic E-state index is 0.876. The predicted octanol–water partition coefficient (Wildman–Crippen LogP) is 4.14. The van der Waals surface area contributed by atoms with Crippen molar-refractivity contribution in [2.24, 2.45) is 0 Å². The molecule has 0 aliphatic heterocycles. The van der Waals surface area contributed by atoms with E-state index in [1.54, 1.807) is 0 Å². The first-order valence-corrected chi connectivity index (χ1v) is 6.15. The topological polar surface area (TPSA) is 22.1 Å². The van der Waals surface area contributed by atoms with E-state index in [-0.39, 0.29) is 0 Å². The quantitative estimate of drug-likeness (QED) is 0.717. The molecule has 0 saturated carbocycles. The zero-order valence-corrected chi connectivity index (χ0v) is 10.3. The molecule has 0 aliphatic rings. The Morgan fingerprint density at radius 2 is 2.18 bits per heavy atom. The van der Waals surface area contributed by atoms with Crippen LogP contribution in [0.4, 0.5) is 0 Å². The van der Waals surface area contributed by atoms with Crippen molar-refractivity contribution in [3.8, 4) is 5.75 Å². The van der Waals surface area contributed by atoms with E-state index in [9.17, 15) is 0 Å². The first kappa shape index (κ1) is 11.9. The summed E-state index contributed by atoms with van der Waals surface area (Å²) in [5.74, 6) is 0.876. The molecule has 0 N–H and O–H groups in total. The van der Waals surface area contributed by atoms with Gasteiger partial charge in [0, 0.05) is 11.6 Å². The molecule has 1 heterocycles. The molecule has 17 heavy (non-hydrogen) atoms. The summed E-state index contributed by atoms with van der Waals surface area (Å²) in [6.45, 7) is 2.21. The maximum absolute atomic E-state index is 5.21. The van der Waals surface area contributed by atoms with Crippen LogP contribution in [0.3, 0.4) is 0 Å². The van der Waals surface area contributed by atoms with Gasteiger partial charge in [0.05, 0.1) is 5.52 Å². The van der Waals surface area contributed by atoms with Crippen LogP contribution in [0, 0.1) is 7.11 Å². The number of rotatable bonds is 5. The molecular weight excluding hydrogens is 210 g/mol. The number of aromatic nitrogens is 1. The third-order valence-corrected chi connectivity index (χ3v) is 2.99. The normalized spacial score (nSPS) is 10.7. The molecule has 2 aromatic rings. The smallest absolute Gasteiger partial charge is 0.123 e. The van der Waals surface area contributed by atoms with E-state index in [0.717, 1.165) is 23.1 Å². The van der Waals surface area contributed by atoms with Crippen molar-refractivity contribution in [2.45, 2.75) is 32.6 Å². The summed E-state index contributed by atoms with van der Waals surface area (Å²) >= 11 is 0. The van der Waals surface area contributed by atoms with E-state index >= 15 is 0 Å². The minimum atomic E-state index is 0.876. The van der Waals surface area contributed by atoms with Crippen molar-refractivity contribution >= 4 is 10.9 Å². The Bertz CT molecular complexity index is 493. The van der Waals surface area contributed by atoms with Crippen LogP contribution in [0.1, 0.15) is 31.7 Å². The van der Waals surface area contributed by atoms with Crippen LogP contribution >= 0.6 is 0 Å². The highest BCUT2D eigenvalue weighted by Crippen LogP contribution is 2.26. The number of nitrogens with zero attached hydrogens (tertiary/aromatic N) is 1. The van der Waals surface area contributed by atoms with Crippen molar-refractivity contribution in [1.82, 2.24) is 4.98 Å². The van der Waals surface area contributed by atoms with Crippen LogP contribution in [0.25, 0.3) is 10.9 Å². The fourth-order valence-corrected chi connectivity index (χ4v) is 2.04. The summed E-state index contributed by atoms with van der Waals surface area (Å²) < 4.78 is 5.21. The van der Waals surface area contributed by atoms with E-state index < -0.39 is 0 Å². The molecule has 0 saturated heterocycles. The maximum atomic E-state index is 5.21. The lowest BCUT2D eigenvalue weighted by atomic mass is 10.0. The highest BCUT2D eigenvalue weighted by molar-refractivity contribution is 5.81. The number of aryl methyl sites for hydroxylation is 1. The molecule has 2 rings (SSSR count). The van der Waals surface area contributed by atoms with Crippen molar-refractivity contribution in [2.75, 3.05) is 0 Å². The largest absolute Gasteiger partial charge is 0.490 e. The number of pyridine rings is 1. The molecule has 89 valence electrons. The van der Waals surface area contributed by atoms with E-state index in [1.165, 1.54) is 24.8 Å². The van der Waals surface area contributed by atoms with E-state index in [2.05, 4.69) is 25.1 Å². The van der Waals surface area contributed by atoms with Gasteiger partial charge in [0.1, 0.15) is 12.9 Å². The number of hydrogen-bond acceptors (Lipinski definition) is 2. The van der Waals surface area contributed by atoms with Gasteiger partial charge in [-0.25, -0.2) is 0 Å². The lowest BCUT2D eigenvalue weighted by Crippen LogP contribution is -1.92. The van der Waals surface area contributed by atoms with E-state index in [1.807, 2.05) is 24.4 Å². The van der Waals surface area contributed by atoms with Crippen molar-refractivity contribution in [3.63, 3.8) is 0 Å². The van der Waals surface area contributed by atoms with Gasteiger partial charge in [-0.1, -0.05) is 25.8 Å². The summed E-state index contributed by atoms with van der Waals surface area (Å²) in [6, 6.07) is 8.12. The van der Waals surface area contributed by atoms with E-state index in [0.29, 0.717) is 0 Å². The Morgan fingerprint density at radius 1 is 1.29 bits per heavy atom. The average Bonchev–Trinajstić information content (AvgIpc) is 2.38. The number of unbranched alkanes of at least 4 members (excludes halogenated alkanes) is 2. The van der Waals surface area contributed by atoms with Gasteiger partial charge in [0.25, 0.3) is 0 Å². The first-order valence-electron chi connectivity index (χ1n) is 6.15.